The number of carboxylic acid groups (broad SMARTS) is 1. The van der Waals surface area contributed by atoms with E-state index >= 15 is 0 Å². The number of oxazole rings is 1. The van der Waals surface area contributed by atoms with Gasteiger partial charge in [0.2, 0.25) is 5.89 Å². The molecule has 1 aliphatic heterocycles. The van der Waals surface area contributed by atoms with Crippen molar-refractivity contribution in [2.45, 2.75) is 57.9 Å². The van der Waals surface area contributed by atoms with Crippen molar-refractivity contribution in [2.75, 3.05) is 20.2 Å². The monoisotopic (exact) mass is 594 g/mol. The van der Waals surface area contributed by atoms with Crippen LogP contribution in [0.25, 0.3) is 21.0 Å². The Hall–Kier alpha value is -3.74. The Kier molecular flexibility index (Phi) is 7.32. The molecule has 0 bridgehead atoms. The minimum atomic E-state index is -1.81. The summed E-state index contributed by atoms with van der Waals surface area (Å²) in [5.74, 6) is 0.735. The molecule has 12 heteroatoms. The lowest BCUT2D eigenvalue weighted by Gasteiger charge is -2.27. The number of aliphatic carboxylic acids is 1. The molecule has 1 saturated carbocycles. The Morgan fingerprint density at radius 2 is 1.95 bits per heavy atom. The number of aromatic nitrogens is 3. The third-order valence-corrected chi connectivity index (χ3v) is 10.0. The number of carbonyl (C=O) groups is 1. The molecule has 0 spiro atoms. The van der Waals surface area contributed by atoms with Crippen LogP contribution in [0, 0.1) is 18.8 Å². The van der Waals surface area contributed by atoms with E-state index in [1.807, 2.05) is 24.3 Å². The highest BCUT2D eigenvalue weighted by Gasteiger charge is 2.40. The van der Waals surface area contributed by atoms with E-state index in [0.717, 1.165) is 36.1 Å². The minimum absolute atomic E-state index is 0.0162. The maximum absolute atomic E-state index is 14.2. The molecule has 2 fully saturated rings. The predicted octanol–water partition coefficient (Wildman–Crippen LogP) is 3.77. The van der Waals surface area contributed by atoms with E-state index in [1.54, 1.807) is 14.0 Å². The second-order valence-corrected chi connectivity index (χ2v) is 12.6. The van der Waals surface area contributed by atoms with Crippen molar-refractivity contribution in [1.82, 2.24) is 19.4 Å². The number of rotatable bonds is 9. The van der Waals surface area contributed by atoms with Crippen molar-refractivity contribution < 1.29 is 23.8 Å². The molecule has 11 nitrogen and oxygen atoms in total. The van der Waals surface area contributed by atoms with Gasteiger partial charge in [0.1, 0.15) is 28.5 Å². The van der Waals surface area contributed by atoms with E-state index in [-0.39, 0.29) is 18.0 Å². The van der Waals surface area contributed by atoms with Crippen LogP contribution in [0.4, 0.5) is 0 Å². The summed E-state index contributed by atoms with van der Waals surface area (Å²) in [7, 11) is 1.59. The number of nitrogens with one attached hydrogen (secondary N) is 1. The summed E-state index contributed by atoms with van der Waals surface area (Å²) in [5, 5.41) is 13.8. The van der Waals surface area contributed by atoms with E-state index in [4.69, 9.17) is 13.9 Å². The molecule has 1 aromatic carbocycles. The molecule has 1 aliphatic carbocycles. The summed E-state index contributed by atoms with van der Waals surface area (Å²) in [4.78, 5) is 45.7. The molecule has 1 saturated heterocycles. The average molecular weight is 595 g/mol. The zero-order valence-electron chi connectivity index (χ0n) is 24.0. The van der Waals surface area contributed by atoms with Gasteiger partial charge in [0.15, 0.2) is 0 Å². The minimum Gasteiger partial charge on any atom is -0.496 e. The molecule has 2 aliphatic rings. The van der Waals surface area contributed by atoms with Crippen molar-refractivity contribution in [3.63, 3.8) is 0 Å². The molecular weight excluding hydrogens is 560 g/mol. The molecule has 4 aromatic rings. The molecule has 0 amide bonds. The summed E-state index contributed by atoms with van der Waals surface area (Å²) in [6.07, 6.45) is 4.14. The largest absolute Gasteiger partial charge is 0.496 e. The predicted molar refractivity (Wildman–Crippen MR) is 157 cm³/mol. The van der Waals surface area contributed by atoms with Crippen molar-refractivity contribution in [3.05, 3.63) is 68.7 Å². The molecule has 6 rings (SSSR count). The molecule has 3 aromatic heterocycles. The fourth-order valence-electron chi connectivity index (χ4n) is 6.40. The lowest BCUT2D eigenvalue weighted by atomic mass is 10.0. The average Bonchev–Trinajstić information content (AvgIpc) is 3.75. The molecule has 4 heterocycles. The van der Waals surface area contributed by atoms with Crippen LogP contribution in [-0.4, -0.2) is 51.5 Å². The summed E-state index contributed by atoms with van der Waals surface area (Å²) >= 11 is 1.22. The van der Waals surface area contributed by atoms with Gasteiger partial charge in [-0.1, -0.05) is 18.2 Å². The van der Waals surface area contributed by atoms with Gasteiger partial charge in [0.25, 0.3) is 5.56 Å². The molecule has 1 unspecified atom stereocenters. The Bertz CT molecular complexity index is 1740. The fourth-order valence-corrected chi connectivity index (χ4v) is 7.64. The normalized spacial score (nSPS) is 21.1. The van der Waals surface area contributed by atoms with Crippen LogP contribution in [-0.2, 0) is 21.6 Å². The van der Waals surface area contributed by atoms with Gasteiger partial charge in [0, 0.05) is 5.56 Å². The highest BCUT2D eigenvalue weighted by Crippen LogP contribution is 2.41. The van der Waals surface area contributed by atoms with Gasteiger partial charge in [-0.3, -0.25) is 9.36 Å². The number of benzene rings is 1. The lowest BCUT2D eigenvalue weighted by Crippen LogP contribution is -2.52. The number of para-hydroxylation sites is 1. The van der Waals surface area contributed by atoms with E-state index in [1.165, 1.54) is 42.2 Å². The number of thiophene rings is 1. The quantitative estimate of drug-likeness (QED) is 0.297. The Labute approximate surface area is 245 Å². The Morgan fingerprint density at radius 1 is 1.24 bits per heavy atom. The zero-order valence-corrected chi connectivity index (χ0v) is 24.8. The zero-order chi connectivity index (χ0) is 29.8. The number of fused-ring (bicyclic) bond motifs is 2. The molecule has 0 radical (unpaired) electrons. The smallest absolute Gasteiger partial charge is 0.333 e. The lowest BCUT2D eigenvalue weighted by molar-refractivity contribution is -0.146. The van der Waals surface area contributed by atoms with E-state index in [9.17, 15) is 19.5 Å². The summed E-state index contributed by atoms with van der Waals surface area (Å²) in [6, 6.07) is 7.53. The van der Waals surface area contributed by atoms with Crippen LogP contribution in [0.1, 0.15) is 43.9 Å². The molecular formula is C30H34N4O7S. The van der Waals surface area contributed by atoms with Crippen molar-refractivity contribution >= 4 is 27.5 Å². The van der Waals surface area contributed by atoms with Gasteiger partial charge in [-0.25, -0.2) is 19.1 Å². The summed E-state index contributed by atoms with van der Waals surface area (Å²) in [5.41, 5.74) is -1.87. The number of methoxy groups -OCH3 is 1. The Balaban J connectivity index is 1.54. The van der Waals surface area contributed by atoms with E-state index < -0.39 is 28.9 Å². The topological polar surface area (TPSA) is 138 Å². The number of ether oxygens (including phenoxy) is 2. The maximum atomic E-state index is 14.2. The highest BCUT2D eigenvalue weighted by atomic mass is 32.1. The van der Waals surface area contributed by atoms with Crippen LogP contribution in [0.15, 0.2) is 50.7 Å². The number of hydrogen-bond acceptors (Lipinski definition) is 9. The number of hydrogen-bond donors (Lipinski definition) is 2. The molecule has 4 atom stereocenters. The van der Waals surface area contributed by atoms with Gasteiger partial charge in [-0.05, 0) is 70.2 Å². The van der Waals surface area contributed by atoms with Gasteiger partial charge in [0.05, 0.1) is 36.2 Å². The number of nitrogens with zero attached hydrogens (tertiary/aromatic N) is 3. The number of aryl methyl sites for hydroxylation is 1. The second-order valence-electron chi connectivity index (χ2n) is 11.6. The van der Waals surface area contributed by atoms with Crippen LogP contribution >= 0.6 is 11.3 Å². The van der Waals surface area contributed by atoms with Gasteiger partial charge < -0.3 is 24.3 Å². The van der Waals surface area contributed by atoms with Crippen molar-refractivity contribution in [1.29, 1.82) is 0 Å². The standard InChI is InChI=1S/C30H34N4O7S/c1-16-23-26(35)34(30(2,3)28(36)37)29(38)33(27(23)42-24(16)25-32-9-10-40-25)15-22(20-7-5-6-8-21(20)39-4)41-19-11-17-13-31-14-18(17)12-19/h5-10,17-19,22,31H,11-15H2,1-4H3,(H,36,37)/t17-,18+,19?,22-/m0/s1. The molecule has 2 N–H and O–H groups in total. The summed E-state index contributed by atoms with van der Waals surface area (Å²) in [6.45, 7) is 6.44. The van der Waals surface area contributed by atoms with E-state index in [2.05, 4.69) is 10.3 Å². The van der Waals surface area contributed by atoms with E-state index in [0.29, 0.717) is 38.7 Å². The van der Waals surface area contributed by atoms with Gasteiger partial charge in [-0.15, -0.1) is 11.3 Å². The van der Waals surface area contributed by atoms with Crippen LogP contribution < -0.4 is 21.3 Å². The molecule has 222 valence electrons. The van der Waals surface area contributed by atoms with Crippen molar-refractivity contribution in [3.8, 4) is 16.5 Å². The first-order valence-electron chi connectivity index (χ1n) is 14.0. The third-order valence-electron chi connectivity index (χ3n) is 8.72. The summed E-state index contributed by atoms with van der Waals surface area (Å²) < 4.78 is 20.3. The molecule has 42 heavy (non-hydrogen) atoms. The second kappa shape index (κ2) is 10.8. The van der Waals surface area contributed by atoms with Gasteiger partial charge in [-0.2, -0.15) is 0 Å². The first kappa shape index (κ1) is 28.4. The fraction of sp³-hybridized carbons (Fsp3) is 0.467. The Morgan fingerprint density at radius 3 is 2.60 bits per heavy atom. The highest BCUT2D eigenvalue weighted by molar-refractivity contribution is 7.22. The first-order chi connectivity index (χ1) is 20.1. The maximum Gasteiger partial charge on any atom is 0.333 e. The SMILES string of the molecule is COc1ccccc1[C@H](Cn1c(=O)n(C(C)(C)C(=O)O)c(=O)c2c(C)c(-c3ncco3)sc21)OC1C[C@H]2CNC[C@H]2C1. The van der Waals surface area contributed by atoms with Crippen LogP contribution in [0.5, 0.6) is 5.75 Å². The third kappa shape index (κ3) is 4.67. The van der Waals surface area contributed by atoms with Crippen molar-refractivity contribution in [2.24, 2.45) is 11.8 Å². The van der Waals surface area contributed by atoms with Crippen LogP contribution in [0.3, 0.4) is 0 Å². The number of carboxylic acids is 1. The van der Waals surface area contributed by atoms with Gasteiger partial charge >= 0.3 is 11.7 Å². The first-order valence-corrected chi connectivity index (χ1v) is 14.8. The van der Waals surface area contributed by atoms with Crippen LogP contribution in [0.2, 0.25) is 0 Å².